The van der Waals surface area contributed by atoms with Gasteiger partial charge >= 0.3 is 5.69 Å². The Bertz CT molecular complexity index is 686. The number of nitrogens with zero attached hydrogens (tertiary/aromatic N) is 3. The molecule has 2 rings (SSSR count). The summed E-state index contributed by atoms with van der Waals surface area (Å²) in [5.41, 5.74) is -0.473. The Morgan fingerprint density at radius 1 is 1.23 bits per heavy atom. The van der Waals surface area contributed by atoms with Gasteiger partial charge in [0.2, 0.25) is 5.82 Å². The highest BCUT2D eigenvalue weighted by Gasteiger charge is 2.26. The zero-order valence-corrected chi connectivity index (χ0v) is 13.9. The lowest BCUT2D eigenvalue weighted by atomic mass is 10.1. The van der Waals surface area contributed by atoms with E-state index in [4.69, 9.17) is 11.6 Å². The van der Waals surface area contributed by atoms with E-state index >= 15 is 0 Å². The number of hydrogen-bond donors (Lipinski definition) is 1. The van der Waals surface area contributed by atoms with Crippen molar-refractivity contribution in [2.75, 3.05) is 5.32 Å². The number of aromatic nitrogens is 2. The SMILES string of the molecule is CC(C)(C)Nc1ncnc(Sc2ccc(Cl)cc2)c1[N+](=O)[O-]. The van der Waals surface area contributed by atoms with E-state index in [2.05, 4.69) is 15.3 Å². The van der Waals surface area contributed by atoms with Crippen molar-refractivity contribution in [2.24, 2.45) is 0 Å². The zero-order chi connectivity index (χ0) is 16.3. The van der Waals surface area contributed by atoms with Gasteiger partial charge in [0.25, 0.3) is 0 Å². The van der Waals surface area contributed by atoms with Gasteiger partial charge in [0.15, 0.2) is 5.03 Å². The Kier molecular flexibility index (Phi) is 4.87. The Hall–Kier alpha value is -1.86. The van der Waals surface area contributed by atoms with Crippen molar-refractivity contribution in [1.29, 1.82) is 0 Å². The van der Waals surface area contributed by atoms with Crippen LogP contribution in [-0.2, 0) is 0 Å². The van der Waals surface area contributed by atoms with Crippen molar-refractivity contribution in [1.82, 2.24) is 9.97 Å². The lowest BCUT2D eigenvalue weighted by Gasteiger charge is -2.21. The lowest BCUT2D eigenvalue weighted by molar-refractivity contribution is -0.387. The maximum absolute atomic E-state index is 11.4. The Balaban J connectivity index is 2.40. The van der Waals surface area contributed by atoms with E-state index in [1.54, 1.807) is 24.3 Å². The summed E-state index contributed by atoms with van der Waals surface area (Å²) in [7, 11) is 0. The largest absolute Gasteiger partial charge is 0.360 e. The Morgan fingerprint density at radius 2 is 1.86 bits per heavy atom. The van der Waals surface area contributed by atoms with Gasteiger partial charge in [0.1, 0.15) is 6.33 Å². The molecule has 1 aromatic heterocycles. The lowest BCUT2D eigenvalue weighted by Crippen LogP contribution is -2.27. The van der Waals surface area contributed by atoms with E-state index in [0.29, 0.717) is 5.02 Å². The molecule has 0 amide bonds. The molecule has 0 atom stereocenters. The summed E-state index contributed by atoms with van der Waals surface area (Å²) in [6, 6.07) is 7.03. The molecule has 22 heavy (non-hydrogen) atoms. The van der Waals surface area contributed by atoms with Crippen LogP contribution in [-0.4, -0.2) is 20.4 Å². The quantitative estimate of drug-likeness (QED) is 0.505. The van der Waals surface area contributed by atoms with E-state index in [0.717, 1.165) is 4.90 Å². The molecule has 0 aliphatic carbocycles. The fourth-order valence-electron chi connectivity index (χ4n) is 1.66. The molecule has 1 N–H and O–H groups in total. The molecular formula is C14H15ClN4O2S. The zero-order valence-electron chi connectivity index (χ0n) is 12.3. The summed E-state index contributed by atoms with van der Waals surface area (Å²) >= 11 is 7.04. The number of halogens is 1. The van der Waals surface area contributed by atoms with Crippen molar-refractivity contribution >= 4 is 34.9 Å². The maximum atomic E-state index is 11.4. The summed E-state index contributed by atoms with van der Waals surface area (Å²) < 4.78 is 0. The first kappa shape index (κ1) is 16.5. The topological polar surface area (TPSA) is 81.0 Å². The summed E-state index contributed by atoms with van der Waals surface area (Å²) in [6.45, 7) is 5.72. The van der Waals surface area contributed by atoms with Crippen LogP contribution in [0, 0.1) is 10.1 Å². The molecule has 0 fully saturated rings. The van der Waals surface area contributed by atoms with Gasteiger partial charge in [-0.25, -0.2) is 9.97 Å². The molecule has 0 saturated carbocycles. The van der Waals surface area contributed by atoms with Crippen LogP contribution in [0.5, 0.6) is 0 Å². The van der Waals surface area contributed by atoms with E-state index in [9.17, 15) is 10.1 Å². The van der Waals surface area contributed by atoms with Crippen molar-refractivity contribution in [2.45, 2.75) is 36.2 Å². The number of nitrogens with one attached hydrogen (secondary N) is 1. The molecule has 116 valence electrons. The van der Waals surface area contributed by atoms with Crippen LogP contribution < -0.4 is 5.32 Å². The predicted octanol–water partition coefficient (Wildman–Crippen LogP) is 4.40. The first-order valence-corrected chi connectivity index (χ1v) is 7.67. The number of rotatable bonds is 4. The van der Waals surface area contributed by atoms with E-state index < -0.39 is 4.92 Å². The minimum absolute atomic E-state index is 0.127. The van der Waals surface area contributed by atoms with Crippen molar-refractivity contribution in [3.8, 4) is 0 Å². The number of anilines is 1. The van der Waals surface area contributed by atoms with Crippen LogP contribution in [0.25, 0.3) is 0 Å². The van der Waals surface area contributed by atoms with Gasteiger partial charge in [0.05, 0.1) is 4.92 Å². The molecule has 0 aliphatic heterocycles. The van der Waals surface area contributed by atoms with Crippen LogP contribution in [0.15, 0.2) is 40.5 Å². The molecular weight excluding hydrogens is 324 g/mol. The molecule has 1 aromatic carbocycles. The fraction of sp³-hybridized carbons (Fsp3) is 0.286. The first-order valence-electron chi connectivity index (χ1n) is 6.47. The first-order chi connectivity index (χ1) is 10.3. The van der Waals surface area contributed by atoms with E-state index in [1.165, 1.54) is 18.1 Å². The summed E-state index contributed by atoms with van der Waals surface area (Å²) in [4.78, 5) is 19.8. The number of nitro groups is 1. The van der Waals surface area contributed by atoms with Gasteiger partial charge < -0.3 is 5.32 Å². The molecule has 0 radical (unpaired) electrons. The molecule has 2 aromatic rings. The van der Waals surface area contributed by atoms with Gasteiger partial charge in [-0.1, -0.05) is 23.4 Å². The van der Waals surface area contributed by atoms with Gasteiger partial charge in [-0.2, -0.15) is 0 Å². The van der Waals surface area contributed by atoms with Crippen LogP contribution in [0.3, 0.4) is 0 Å². The molecule has 8 heteroatoms. The highest BCUT2D eigenvalue weighted by molar-refractivity contribution is 7.99. The molecule has 6 nitrogen and oxygen atoms in total. The second-order valence-electron chi connectivity index (χ2n) is 5.56. The molecule has 0 spiro atoms. The third-order valence-corrected chi connectivity index (χ3v) is 3.74. The van der Waals surface area contributed by atoms with Crippen molar-refractivity contribution < 1.29 is 4.92 Å². The van der Waals surface area contributed by atoms with Crippen LogP contribution in [0.2, 0.25) is 5.02 Å². The van der Waals surface area contributed by atoms with Gasteiger partial charge in [0, 0.05) is 15.5 Å². The average Bonchev–Trinajstić information content (AvgIpc) is 2.39. The summed E-state index contributed by atoms with van der Waals surface area (Å²) in [5, 5.41) is 15.4. The number of hydrogen-bond acceptors (Lipinski definition) is 6. The molecule has 0 saturated heterocycles. The monoisotopic (exact) mass is 338 g/mol. The minimum Gasteiger partial charge on any atom is -0.360 e. The molecule has 1 heterocycles. The van der Waals surface area contributed by atoms with Gasteiger partial charge in [-0.15, -0.1) is 0 Å². The van der Waals surface area contributed by atoms with E-state index in [-0.39, 0.29) is 22.1 Å². The summed E-state index contributed by atoms with van der Waals surface area (Å²) in [5.74, 6) is 0.212. The van der Waals surface area contributed by atoms with E-state index in [1.807, 2.05) is 20.8 Å². The molecule has 0 unspecified atom stereocenters. The van der Waals surface area contributed by atoms with Crippen LogP contribution >= 0.6 is 23.4 Å². The third-order valence-electron chi connectivity index (χ3n) is 2.49. The van der Waals surface area contributed by atoms with Crippen molar-refractivity contribution in [3.63, 3.8) is 0 Å². The smallest absolute Gasteiger partial charge is 0.343 e. The second kappa shape index (κ2) is 6.50. The Labute approximate surface area is 137 Å². The summed E-state index contributed by atoms with van der Waals surface area (Å²) in [6.07, 6.45) is 1.32. The average molecular weight is 339 g/mol. The highest BCUT2D eigenvalue weighted by atomic mass is 35.5. The molecule has 0 bridgehead atoms. The van der Waals surface area contributed by atoms with Gasteiger partial charge in [-0.05, 0) is 45.0 Å². The Morgan fingerprint density at radius 3 is 2.41 bits per heavy atom. The normalized spacial score (nSPS) is 11.3. The maximum Gasteiger partial charge on any atom is 0.343 e. The second-order valence-corrected chi connectivity index (χ2v) is 7.06. The van der Waals surface area contributed by atoms with Crippen LogP contribution in [0.4, 0.5) is 11.5 Å². The number of benzene rings is 1. The fourth-order valence-corrected chi connectivity index (χ4v) is 2.65. The predicted molar refractivity (Wildman–Crippen MR) is 87.6 cm³/mol. The standard InChI is InChI=1S/C14H15ClN4O2S/c1-14(2,3)18-12-11(19(20)21)13(17-8-16-12)22-10-6-4-9(15)5-7-10/h4-8H,1-3H3,(H,16,17,18). The van der Waals surface area contributed by atoms with Crippen molar-refractivity contribution in [3.05, 3.63) is 45.7 Å². The van der Waals surface area contributed by atoms with Crippen LogP contribution in [0.1, 0.15) is 20.8 Å². The molecule has 0 aliphatic rings. The van der Waals surface area contributed by atoms with Gasteiger partial charge in [-0.3, -0.25) is 10.1 Å². The minimum atomic E-state index is -0.466. The third kappa shape index (κ3) is 4.32. The highest BCUT2D eigenvalue weighted by Crippen LogP contribution is 2.37.